The topological polar surface area (TPSA) is 41.0 Å². The van der Waals surface area contributed by atoms with Gasteiger partial charge in [-0.3, -0.25) is 0 Å². The van der Waals surface area contributed by atoms with Crippen molar-refractivity contribution in [1.29, 1.82) is 0 Å². The van der Waals surface area contributed by atoms with E-state index >= 15 is 0 Å². The second-order valence-corrected chi connectivity index (χ2v) is 7.17. The Labute approximate surface area is 153 Å². The van der Waals surface area contributed by atoms with Gasteiger partial charge in [0.15, 0.2) is 0 Å². The van der Waals surface area contributed by atoms with Crippen LogP contribution in [-0.2, 0) is 6.54 Å². The minimum absolute atomic E-state index is 0.438. The third kappa shape index (κ3) is 2.71. The minimum Gasteiger partial charge on any atom is -0.366 e. The van der Waals surface area contributed by atoms with Gasteiger partial charge in [0.25, 0.3) is 0 Å². The highest BCUT2D eigenvalue weighted by atomic mass is 15.2. The summed E-state index contributed by atoms with van der Waals surface area (Å²) in [6.07, 6.45) is 4.16. The zero-order chi connectivity index (χ0) is 17.3. The van der Waals surface area contributed by atoms with Crippen LogP contribution in [0.1, 0.15) is 41.5 Å². The van der Waals surface area contributed by atoms with Crippen LogP contribution < -0.4 is 10.2 Å². The maximum absolute atomic E-state index is 4.58. The number of anilines is 2. The molecule has 0 radical (unpaired) electrons. The van der Waals surface area contributed by atoms with Gasteiger partial charge in [-0.25, -0.2) is 9.97 Å². The molecular formula is C22H22N4. The van der Waals surface area contributed by atoms with Crippen molar-refractivity contribution in [3.63, 3.8) is 0 Å². The largest absolute Gasteiger partial charge is 0.366 e. The molecule has 130 valence electrons. The van der Waals surface area contributed by atoms with E-state index in [4.69, 9.17) is 0 Å². The number of nitrogens with zero attached hydrogens (tertiary/aromatic N) is 3. The van der Waals surface area contributed by atoms with E-state index in [0.29, 0.717) is 12.0 Å². The molecule has 3 heterocycles. The smallest absolute Gasteiger partial charge is 0.134 e. The summed E-state index contributed by atoms with van der Waals surface area (Å²) in [5.41, 5.74) is 4.27. The van der Waals surface area contributed by atoms with Crippen LogP contribution in [0.5, 0.6) is 0 Å². The number of hydrogen-bond acceptors (Lipinski definition) is 4. The molecule has 0 unspecified atom stereocenters. The van der Waals surface area contributed by atoms with Crippen molar-refractivity contribution >= 4 is 11.6 Å². The van der Waals surface area contributed by atoms with Crippen molar-refractivity contribution in [2.45, 2.75) is 31.3 Å². The van der Waals surface area contributed by atoms with Gasteiger partial charge < -0.3 is 10.2 Å². The van der Waals surface area contributed by atoms with E-state index in [9.17, 15) is 0 Å². The predicted octanol–water partition coefficient (Wildman–Crippen LogP) is 4.53. The van der Waals surface area contributed by atoms with Gasteiger partial charge in [0.1, 0.15) is 18.0 Å². The zero-order valence-corrected chi connectivity index (χ0v) is 14.7. The first-order valence-electron chi connectivity index (χ1n) is 9.34. The zero-order valence-electron chi connectivity index (χ0n) is 14.7. The molecule has 0 saturated carbocycles. The predicted molar refractivity (Wildman–Crippen MR) is 104 cm³/mol. The number of aromatic nitrogens is 2. The Hall–Kier alpha value is -2.88. The van der Waals surface area contributed by atoms with Crippen LogP contribution >= 0.6 is 0 Å². The molecule has 6 rings (SSSR count). The van der Waals surface area contributed by atoms with Crippen LogP contribution in [0.4, 0.5) is 11.6 Å². The molecule has 2 aliphatic heterocycles. The number of rotatable bonds is 4. The highest BCUT2D eigenvalue weighted by Crippen LogP contribution is 2.47. The van der Waals surface area contributed by atoms with Gasteiger partial charge in [0.2, 0.25) is 0 Å². The highest BCUT2D eigenvalue weighted by molar-refractivity contribution is 5.54. The van der Waals surface area contributed by atoms with Crippen molar-refractivity contribution in [2.75, 3.05) is 16.8 Å². The second kappa shape index (κ2) is 6.45. The van der Waals surface area contributed by atoms with E-state index in [1.165, 1.54) is 29.5 Å². The lowest BCUT2D eigenvalue weighted by atomic mass is 9.75. The lowest BCUT2D eigenvalue weighted by Crippen LogP contribution is -2.42. The van der Waals surface area contributed by atoms with Crippen LogP contribution in [-0.4, -0.2) is 16.5 Å². The fraction of sp³-hybridized carbons (Fsp3) is 0.273. The summed E-state index contributed by atoms with van der Waals surface area (Å²) >= 11 is 0. The highest BCUT2D eigenvalue weighted by Gasteiger charge is 2.38. The standard InChI is InChI=1S/C22H22N4/c1-2-6-16(7-3-1)13-23-21-12-22(25-15-24-21)26-14-17-10-11-20(26)19-9-5-4-8-18(17)19/h1-9,12,15,17,20H,10-11,13-14H2,(H,23,24,25)/t17-,20+/m1/s1. The first-order valence-corrected chi connectivity index (χ1v) is 9.34. The van der Waals surface area contributed by atoms with Gasteiger partial charge in [-0.1, -0.05) is 54.6 Å². The summed E-state index contributed by atoms with van der Waals surface area (Å²) in [6, 6.07) is 21.8. The molecule has 0 amide bonds. The van der Waals surface area contributed by atoms with Crippen LogP contribution in [0.15, 0.2) is 67.0 Å². The first kappa shape index (κ1) is 15.4. The lowest BCUT2D eigenvalue weighted by Gasteiger charge is -2.47. The number of piperidine rings is 1. The maximum atomic E-state index is 4.58. The normalized spacial score (nSPS) is 20.7. The monoisotopic (exact) mass is 342 g/mol. The van der Waals surface area contributed by atoms with E-state index in [2.05, 4.69) is 74.8 Å². The van der Waals surface area contributed by atoms with Gasteiger partial charge in [0.05, 0.1) is 6.04 Å². The van der Waals surface area contributed by atoms with Crippen LogP contribution in [0.25, 0.3) is 0 Å². The molecule has 1 N–H and O–H groups in total. The summed E-state index contributed by atoms with van der Waals surface area (Å²) in [7, 11) is 0. The van der Waals surface area contributed by atoms with Crippen LogP contribution in [0, 0.1) is 0 Å². The molecule has 3 aromatic rings. The van der Waals surface area contributed by atoms with Gasteiger partial charge >= 0.3 is 0 Å². The molecule has 2 bridgehead atoms. The Morgan fingerprint density at radius 3 is 2.62 bits per heavy atom. The van der Waals surface area contributed by atoms with Gasteiger partial charge in [-0.15, -0.1) is 0 Å². The maximum Gasteiger partial charge on any atom is 0.134 e. The molecule has 1 fully saturated rings. The molecule has 4 heteroatoms. The molecule has 26 heavy (non-hydrogen) atoms. The van der Waals surface area contributed by atoms with Gasteiger partial charge in [0, 0.05) is 25.1 Å². The quantitative estimate of drug-likeness (QED) is 0.756. The summed E-state index contributed by atoms with van der Waals surface area (Å²) in [5, 5.41) is 3.43. The first-order chi connectivity index (χ1) is 12.9. The average molecular weight is 342 g/mol. The van der Waals surface area contributed by atoms with Crippen molar-refractivity contribution < 1.29 is 0 Å². The average Bonchev–Trinajstić information content (AvgIpc) is 2.74. The fourth-order valence-corrected chi connectivity index (χ4v) is 4.38. The molecular weight excluding hydrogens is 320 g/mol. The van der Waals surface area contributed by atoms with Crippen molar-refractivity contribution in [1.82, 2.24) is 9.97 Å². The molecule has 4 nitrogen and oxygen atoms in total. The van der Waals surface area contributed by atoms with E-state index in [0.717, 1.165) is 24.7 Å². The molecule has 1 aromatic heterocycles. The second-order valence-electron chi connectivity index (χ2n) is 7.17. The van der Waals surface area contributed by atoms with Gasteiger partial charge in [-0.05, 0) is 29.5 Å². The lowest BCUT2D eigenvalue weighted by molar-refractivity contribution is 0.387. The third-order valence-electron chi connectivity index (χ3n) is 5.64. The molecule has 1 aliphatic carbocycles. The summed E-state index contributed by atoms with van der Waals surface area (Å²) < 4.78 is 0. The SMILES string of the molecule is c1ccc(CNc2cc(N3C[C@H]4CC[C@H]3c3ccccc34)ncn2)cc1. The number of nitrogens with one attached hydrogen (secondary N) is 1. The molecule has 3 aliphatic rings. The van der Waals surface area contributed by atoms with Crippen molar-refractivity contribution in [2.24, 2.45) is 0 Å². The Balaban J connectivity index is 1.38. The summed E-state index contributed by atoms with van der Waals surface area (Å²) in [4.78, 5) is 11.5. The van der Waals surface area contributed by atoms with E-state index in [1.54, 1.807) is 6.33 Å². The van der Waals surface area contributed by atoms with Gasteiger partial charge in [-0.2, -0.15) is 0 Å². The van der Waals surface area contributed by atoms with Crippen LogP contribution in [0.3, 0.4) is 0 Å². The van der Waals surface area contributed by atoms with E-state index < -0.39 is 0 Å². The van der Waals surface area contributed by atoms with E-state index in [-0.39, 0.29) is 0 Å². The number of hydrogen-bond donors (Lipinski definition) is 1. The summed E-state index contributed by atoms with van der Waals surface area (Å²) in [5.74, 6) is 2.53. The van der Waals surface area contributed by atoms with E-state index in [1.807, 2.05) is 6.07 Å². The Kier molecular flexibility index (Phi) is 3.81. The third-order valence-corrected chi connectivity index (χ3v) is 5.64. The Bertz CT molecular complexity index is 909. The molecule has 0 spiro atoms. The van der Waals surface area contributed by atoms with Crippen molar-refractivity contribution in [3.05, 3.63) is 83.7 Å². The van der Waals surface area contributed by atoms with Crippen molar-refractivity contribution in [3.8, 4) is 0 Å². The fourth-order valence-electron chi connectivity index (χ4n) is 4.38. The molecule has 2 atom stereocenters. The Morgan fingerprint density at radius 2 is 1.73 bits per heavy atom. The Morgan fingerprint density at radius 1 is 0.923 bits per heavy atom. The number of benzene rings is 2. The summed E-state index contributed by atoms with van der Waals surface area (Å²) in [6.45, 7) is 1.82. The molecule has 2 aromatic carbocycles. The number of fused-ring (bicyclic) bond motifs is 2. The van der Waals surface area contributed by atoms with Crippen LogP contribution in [0.2, 0.25) is 0 Å². The minimum atomic E-state index is 0.438. The molecule has 1 saturated heterocycles.